The molecule has 2 aliphatic heterocycles. The molecule has 4 aromatic rings. The molecule has 11 nitrogen and oxygen atoms in total. The van der Waals surface area contributed by atoms with Gasteiger partial charge in [-0.05, 0) is 173 Å². The summed E-state index contributed by atoms with van der Waals surface area (Å²) in [6.45, 7) is 15.4. The maximum Gasteiger partial charge on any atom is 0.276 e. The zero-order valence-electron chi connectivity index (χ0n) is 51.4. The van der Waals surface area contributed by atoms with Gasteiger partial charge >= 0.3 is 0 Å². The molecule has 2 aromatic carbocycles. The topological polar surface area (TPSA) is 184 Å². The van der Waals surface area contributed by atoms with Crippen LogP contribution in [0.25, 0.3) is 0 Å². The van der Waals surface area contributed by atoms with Gasteiger partial charge < -0.3 is 45.4 Å². The first-order valence-corrected chi connectivity index (χ1v) is 30.2. The summed E-state index contributed by atoms with van der Waals surface area (Å²) in [6, 6.07) is 19.9. The van der Waals surface area contributed by atoms with Crippen molar-refractivity contribution < 1.29 is 45.3 Å². The fourth-order valence-corrected chi connectivity index (χ4v) is 10.7. The standard InChI is InChI=1S/C12H11NO2.C11H11NO.2C9H14O.C9H8O.C8H12O2.C8H12O.C7H6S/c1-3-8-12(15)9-6-4-5-7-10(9)13(2)11(12)14;1-2-6-11(13)7-5-9-4-3-8-12-10(9)11;1-2-6-9(10)7-4-3-5-8-9;1-2-5-8-6-3-4-7-9(8)10;1-2-4-8-5-3-6-9(10)7-8;1-2-3-8(9)4-6-10-7-5-8;1-2-4-7-5-3-6-8(7)9;1-2-3-7-4-5-8-6-7/h4-7,15H,1-2H3;3-4,8,13H,5,7H2,1H3;10H,3-5,7-8H2,1H3;8-10H,3-4,6-7H2,1H3;3,5-7,10H,1H3;9H,4-7H2,1H3;7-9H,3,5-6H2,1H3;4-6H,1H3/t;;;8-,9-;;;7-,8-;/m...1..1./s1. The van der Waals surface area contributed by atoms with Gasteiger partial charge in [-0.25, -0.2) is 0 Å². The van der Waals surface area contributed by atoms with Crippen molar-refractivity contribution in [3.63, 3.8) is 0 Å². The van der Waals surface area contributed by atoms with Gasteiger partial charge in [0.1, 0.15) is 17.0 Å². The highest BCUT2D eigenvalue weighted by Gasteiger charge is 2.47. The number of hydrogen-bond donors (Lipinski definition) is 7. The summed E-state index contributed by atoms with van der Waals surface area (Å²) in [5.74, 6) is 45.4. The van der Waals surface area contributed by atoms with Crippen molar-refractivity contribution in [2.24, 2.45) is 11.8 Å². The second-order valence-electron chi connectivity index (χ2n) is 20.9. The number of anilines is 1. The zero-order chi connectivity index (χ0) is 62.6. The number of rotatable bonds is 0. The summed E-state index contributed by atoms with van der Waals surface area (Å²) in [7, 11) is 1.64. The lowest BCUT2D eigenvalue weighted by Gasteiger charge is -2.26. The molecule has 4 aliphatic carbocycles. The number of amides is 1. The number of aryl methyl sites for hydroxylation is 1. The quantitative estimate of drug-likeness (QED) is 0.0837. The molecule has 0 spiro atoms. The number of benzene rings is 2. The van der Waals surface area contributed by atoms with Gasteiger partial charge in [-0.2, -0.15) is 11.3 Å². The molecule has 1 saturated heterocycles. The molecule has 3 saturated carbocycles. The third-order valence-corrected chi connectivity index (χ3v) is 15.1. The monoisotopic (exact) mass is 1170 g/mol. The van der Waals surface area contributed by atoms with E-state index in [9.17, 15) is 35.4 Å². The van der Waals surface area contributed by atoms with Crippen molar-refractivity contribution in [1.29, 1.82) is 0 Å². The normalized spacial score (nSPS) is 22.4. The number of phenols is 1. The van der Waals surface area contributed by atoms with E-state index in [-0.39, 0.29) is 29.8 Å². The largest absolute Gasteiger partial charge is 0.508 e. The lowest BCUT2D eigenvalue weighted by molar-refractivity contribution is -0.130. The Morgan fingerprint density at radius 1 is 0.588 bits per heavy atom. The Morgan fingerprint density at radius 3 is 1.72 bits per heavy atom. The summed E-state index contributed by atoms with van der Waals surface area (Å²) in [4.78, 5) is 17.5. The van der Waals surface area contributed by atoms with Gasteiger partial charge in [0.15, 0.2) is 5.60 Å². The number of ether oxygens (including phenoxy) is 1. The minimum absolute atomic E-state index is 0.141. The fourth-order valence-electron chi connectivity index (χ4n) is 10.1. The van der Waals surface area contributed by atoms with Crippen molar-refractivity contribution in [3.8, 4) is 100 Å². The molecule has 6 aliphatic rings. The average Bonchev–Trinajstić information content (AvgIpc) is 1.89. The van der Waals surface area contributed by atoms with Crippen LogP contribution in [0.1, 0.15) is 180 Å². The van der Waals surface area contributed by atoms with Crippen LogP contribution in [0.3, 0.4) is 0 Å². The molecule has 2 unspecified atom stereocenters. The van der Waals surface area contributed by atoms with E-state index in [0.29, 0.717) is 43.7 Å². The fraction of sp³-hybridized carbons (Fsp3) is 0.479. The lowest BCUT2D eigenvalue weighted by Crippen LogP contribution is -2.37. The molecule has 1 amide bonds. The Morgan fingerprint density at radius 2 is 1.16 bits per heavy atom. The molecule has 10 rings (SSSR count). The minimum Gasteiger partial charge on any atom is -0.508 e. The van der Waals surface area contributed by atoms with Crippen LogP contribution < -0.4 is 4.90 Å². The zero-order valence-corrected chi connectivity index (χ0v) is 52.2. The van der Waals surface area contributed by atoms with Gasteiger partial charge in [0.05, 0.1) is 36.8 Å². The number of carbonyl (C=O) groups excluding carboxylic acids is 1. The number of aromatic nitrogens is 1. The molecule has 6 atom stereocenters. The molecule has 7 N–H and O–H groups in total. The highest BCUT2D eigenvalue weighted by atomic mass is 32.1. The number of aliphatic hydroxyl groups is 6. The van der Waals surface area contributed by atoms with Crippen LogP contribution in [0.5, 0.6) is 5.75 Å². The van der Waals surface area contributed by atoms with Crippen molar-refractivity contribution in [3.05, 3.63) is 112 Å². The maximum absolute atomic E-state index is 11.8. The number of likely N-dealkylation sites (N-methyl/N-ethyl adjacent to an activating group) is 1. The number of para-hydroxylation sites is 1. The smallest absolute Gasteiger partial charge is 0.276 e. The molecule has 450 valence electrons. The SMILES string of the molecule is CC#CC1(O)C(=O)N(C)c2ccccc21.CC#CC1(O)CCCCC1.CC#CC1(O)CCOCC1.CC#CC1(O)CCc2cccnc21.CC#C[C@@H]1CCCC[C@H]1O.CC#C[C@@H]1CCC[C@H]1O.CC#Cc1cccc(O)c1.CC#Cc1ccsc1. The molecule has 2 aromatic heterocycles. The van der Waals surface area contributed by atoms with Crippen molar-refractivity contribution >= 4 is 22.9 Å². The number of aliphatic hydroxyl groups excluding tert-OH is 2. The number of carbonyl (C=O) groups is 1. The number of hydrogen-bond acceptors (Lipinski definition) is 11. The third kappa shape index (κ3) is 24.3. The van der Waals surface area contributed by atoms with E-state index >= 15 is 0 Å². The number of thiophene rings is 1. The van der Waals surface area contributed by atoms with E-state index in [1.807, 2.05) is 61.9 Å². The highest BCUT2D eigenvalue weighted by Crippen LogP contribution is 2.39. The van der Waals surface area contributed by atoms with E-state index in [2.05, 4.69) is 99.7 Å². The molecule has 0 radical (unpaired) electrons. The van der Waals surface area contributed by atoms with Crippen LogP contribution >= 0.6 is 11.3 Å². The second kappa shape index (κ2) is 38.7. The van der Waals surface area contributed by atoms with Crippen LogP contribution in [0.2, 0.25) is 0 Å². The molecular formula is C73H88N2O9S. The van der Waals surface area contributed by atoms with Crippen LogP contribution in [0.15, 0.2) is 83.7 Å². The first-order valence-electron chi connectivity index (χ1n) is 29.3. The summed E-state index contributed by atoms with van der Waals surface area (Å²) < 4.78 is 5.08. The van der Waals surface area contributed by atoms with E-state index < -0.39 is 28.3 Å². The number of aromatic hydroxyl groups is 1. The summed E-state index contributed by atoms with van der Waals surface area (Å²) in [6.07, 6.45) is 17.1. The van der Waals surface area contributed by atoms with Gasteiger partial charge in [-0.1, -0.05) is 97.0 Å². The van der Waals surface area contributed by atoms with Gasteiger partial charge in [-0.3, -0.25) is 9.78 Å². The van der Waals surface area contributed by atoms with E-state index in [1.54, 1.807) is 95.6 Å². The summed E-state index contributed by atoms with van der Waals surface area (Å²) in [5, 5.41) is 71.3. The predicted molar refractivity (Wildman–Crippen MR) is 343 cm³/mol. The van der Waals surface area contributed by atoms with Gasteiger partial charge in [-0.15, -0.1) is 47.4 Å². The lowest BCUT2D eigenvalue weighted by atomic mass is 9.85. The van der Waals surface area contributed by atoms with Crippen molar-refractivity contribution in [2.75, 3.05) is 25.2 Å². The Kier molecular flexibility index (Phi) is 32.8. The second-order valence-corrected chi connectivity index (χ2v) is 21.6. The molecule has 12 heteroatoms. The first kappa shape index (κ1) is 72.0. The van der Waals surface area contributed by atoms with Gasteiger partial charge in [0, 0.05) is 60.0 Å². The third-order valence-electron chi connectivity index (χ3n) is 14.4. The van der Waals surface area contributed by atoms with Gasteiger partial charge in [0.2, 0.25) is 5.60 Å². The Labute approximate surface area is 512 Å². The van der Waals surface area contributed by atoms with E-state index in [1.165, 1.54) is 24.2 Å². The molecule has 0 bridgehead atoms. The van der Waals surface area contributed by atoms with E-state index in [0.717, 1.165) is 86.6 Å². The van der Waals surface area contributed by atoms with Crippen LogP contribution in [-0.4, -0.2) is 90.3 Å². The average molecular weight is 1170 g/mol. The van der Waals surface area contributed by atoms with Crippen LogP contribution in [0, 0.1) is 107 Å². The maximum atomic E-state index is 11.8. The summed E-state index contributed by atoms with van der Waals surface area (Å²) >= 11 is 1.68. The van der Waals surface area contributed by atoms with Crippen LogP contribution in [-0.2, 0) is 27.2 Å². The molecular weight excluding hydrogens is 1080 g/mol. The Hall–Kier alpha value is -7.24. The molecule has 85 heavy (non-hydrogen) atoms. The highest BCUT2D eigenvalue weighted by molar-refractivity contribution is 7.08. The van der Waals surface area contributed by atoms with Crippen LogP contribution in [0.4, 0.5) is 5.69 Å². The summed E-state index contributed by atoms with van der Waals surface area (Å²) in [5.41, 5.74) is 1.06. The number of pyridine rings is 1. The number of nitrogens with zero attached hydrogens (tertiary/aromatic N) is 2. The predicted octanol–water partition coefficient (Wildman–Crippen LogP) is 11.0. The Bertz CT molecular complexity index is 3190. The van der Waals surface area contributed by atoms with E-state index in [4.69, 9.17) is 9.84 Å². The van der Waals surface area contributed by atoms with Crippen molar-refractivity contribution in [1.82, 2.24) is 4.98 Å². The number of phenolic OH excluding ortho intramolecular Hbond substituents is 1. The van der Waals surface area contributed by atoms with Gasteiger partial charge in [0.25, 0.3) is 5.91 Å². The minimum atomic E-state index is -1.67. The molecule has 4 fully saturated rings. The Balaban J connectivity index is 0.000000256. The number of fused-ring (bicyclic) bond motifs is 2. The first-order chi connectivity index (χ1) is 40.8. The van der Waals surface area contributed by atoms with Crippen molar-refractivity contribution in [2.45, 2.75) is 193 Å². The molecule has 4 heterocycles.